The summed E-state index contributed by atoms with van der Waals surface area (Å²) in [5.41, 5.74) is 3.62. The van der Waals surface area contributed by atoms with Gasteiger partial charge >= 0.3 is 5.97 Å². The number of hydrogen-bond donors (Lipinski definition) is 0. The molecule has 0 aromatic heterocycles. The topological polar surface area (TPSA) is 69.7 Å². The van der Waals surface area contributed by atoms with Crippen LogP contribution in [-0.4, -0.2) is 31.3 Å². The summed E-state index contributed by atoms with van der Waals surface area (Å²) in [5.74, 6) is -0.279. The van der Waals surface area contributed by atoms with Crippen molar-refractivity contribution in [2.45, 2.75) is 32.1 Å². The molecule has 0 saturated carbocycles. The lowest BCUT2D eigenvalue weighted by Crippen LogP contribution is -2.15. The average molecular weight is 366 g/mol. The zero-order valence-corrected chi connectivity index (χ0v) is 15.3. The molecule has 5 heteroatoms. The van der Waals surface area contributed by atoms with Crippen molar-refractivity contribution < 1.29 is 23.9 Å². The molecule has 0 fully saturated rings. The smallest absolute Gasteiger partial charge is 0.306 e. The van der Waals surface area contributed by atoms with Crippen LogP contribution >= 0.6 is 0 Å². The van der Waals surface area contributed by atoms with Crippen molar-refractivity contribution in [2.75, 3.05) is 13.7 Å². The van der Waals surface area contributed by atoms with Gasteiger partial charge in [0, 0.05) is 17.5 Å². The van der Waals surface area contributed by atoms with E-state index in [2.05, 4.69) is 0 Å². The van der Waals surface area contributed by atoms with Gasteiger partial charge in [0.2, 0.25) is 0 Å². The number of hydrogen-bond acceptors (Lipinski definition) is 5. The van der Waals surface area contributed by atoms with Gasteiger partial charge in [-0.3, -0.25) is 14.4 Å². The first-order valence-electron chi connectivity index (χ1n) is 9.04. The minimum absolute atomic E-state index is 0.0359. The largest absolute Gasteiger partial charge is 0.497 e. The van der Waals surface area contributed by atoms with E-state index in [0.717, 1.165) is 19.3 Å². The van der Waals surface area contributed by atoms with E-state index in [-0.39, 0.29) is 31.0 Å². The number of benzene rings is 2. The number of carbonyl (C=O) groups excluding carboxylic acids is 3. The Balaban J connectivity index is 1.45. The van der Waals surface area contributed by atoms with E-state index in [1.54, 1.807) is 31.4 Å². The predicted molar refractivity (Wildman–Crippen MR) is 100 cm³/mol. The van der Waals surface area contributed by atoms with Crippen LogP contribution in [0.3, 0.4) is 0 Å². The maximum Gasteiger partial charge on any atom is 0.306 e. The first kappa shape index (κ1) is 18.8. The number of carbonyl (C=O) groups is 3. The highest BCUT2D eigenvalue weighted by atomic mass is 16.5. The Kier molecular flexibility index (Phi) is 6.01. The Morgan fingerprint density at radius 3 is 2.30 bits per heavy atom. The van der Waals surface area contributed by atoms with Crippen molar-refractivity contribution in [3.8, 4) is 5.75 Å². The summed E-state index contributed by atoms with van der Waals surface area (Å²) in [5, 5.41) is 0. The Bertz CT molecular complexity index is 852. The minimum atomic E-state index is -0.550. The third-order valence-electron chi connectivity index (χ3n) is 4.75. The van der Waals surface area contributed by atoms with E-state index < -0.39 is 5.97 Å². The van der Waals surface area contributed by atoms with Gasteiger partial charge in [0.15, 0.2) is 18.2 Å². The van der Waals surface area contributed by atoms with Crippen LogP contribution in [0.1, 0.15) is 51.1 Å². The third kappa shape index (κ3) is 4.82. The normalized spacial score (nSPS) is 12.3. The van der Waals surface area contributed by atoms with Gasteiger partial charge in [0.05, 0.1) is 13.5 Å². The number of fused-ring (bicyclic) bond motifs is 1. The van der Waals surface area contributed by atoms with Gasteiger partial charge < -0.3 is 9.47 Å². The molecule has 0 amide bonds. The summed E-state index contributed by atoms with van der Waals surface area (Å²) in [6, 6.07) is 12.3. The van der Waals surface area contributed by atoms with Gasteiger partial charge in [0.1, 0.15) is 5.75 Å². The van der Waals surface area contributed by atoms with E-state index in [9.17, 15) is 14.4 Å². The minimum Gasteiger partial charge on any atom is -0.497 e. The molecule has 0 unspecified atom stereocenters. The fourth-order valence-electron chi connectivity index (χ4n) is 3.18. The molecule has 0 radical (unpaired) electrons. The molecule has 0 atom stereocenters. The van der Waals surface area contributed by atoms with Gasteiger partial charge in [-0.05, 0) is 60.7 Å². The first-order valence-corrected chi connectivity index (χ1v) is 9.04. The number of Topliss-reactive ketones (excluding diaryl/α,β-unsaturated/α-hetero) is 2. The van der Waals surface area contributed by atoms with Crippen molar-refractivity contribution in [2.24, 2.45) is 0 Å². The van der Waals surface area contributed by atoms with Crippen LogP contribution < -0.4 is 4.74 Å². The second-order valence-corrected chi connectivity index (χ2v) is 6.57. The van der Waals surface area contributed by atoms with Crippen LogP contribution in [0.2, 0.25) is 0 Å². The molecule has 1 aliphatic rings. The van der Waals surface area contributed by atoms with Crippen LogP contribution in [-0.2, 0) is 22.4 Å². The van der Waals surface area contributed by atoms with Gasteiger partial charge in [0.25, 0.3) is 0 Å². The summed E-state index contributed by atoms with van der Waals surface area (Å²) < 4.78 is 10.0. The lowest BCUT2D eigenvalue weighted by molar-refractivity contribution is -0.142. The number of aryl methyl sites for hydroxylation is 2. The summed E-state index contributed by atoms with van der Waals surface area (Å²) >= 11 is 0. The highest BCUT2D eigenvalue weighted by Crippen LogP contribution is 2.23. The predicted octanol–water partition coefficient (Wildman–Crippen LogP) is 3.57. The third-order valence-corrected chi connectivity index (χ3v) is 4.75. The van der Waals surface area contributed by atoms with Crippen LogP contribution in [0.5, 0.6) is 5.75 Å². The number of rotatable bonds is 8. The molecule has 0 bridgehead atoms. The van der Waals surface area contributed by atoms with E-state index >= 15 is 0 Å². The van der Waals surface area contributed by atoms with Crippen LogP contribution in [0, 0.1) is 0 Å². The Labute approximate surface area is 158 Å². The molecular formula is C22H22O5. The zero-order valence-electron chi connectivity index (χ0n) is 15.3. The molecule has 0 heterocycles. The van der Waals surface area contributed by atoms with Crippen LogP contribution in [0.4, 0.5) is 0 Å². The number of methoxy groups -OCH3 is 1. The number of ether oxygens (including phenoxy) is 2. The summed E-state index contributed by atoms with van der Waals surface area (Å²) in [7, 11) is 1.54. The highest BCUT2D eigenvalue weighted by Gasteiger charge is 2.16. The van der Waals surface area contributed by atoms with Crippen LogP contribution in [0.25, 0.3) is 0 Å². The Morgan fingerprint density at radius 1 is 0.852 bits per heavy atom. The summed E-state index contributed by atoms with van der Waals surface area (Å²) in [4.78, 5) is 36.2. The number of ketones is 2. The summed E-state index contributed by atoms with van der Waals surface area (Å²) in [6.07, 6.45) is 3.24. The maximum atomic E-state index is 12.3. The van der Waals surface area contributed by atoms with Crippen molar-refractivity contribution in [3.63, 3.8) is 0 Å². The van der Waals surface area contributed by atoms with Crippen molar-refractivity contribution in [1.29, 1.82) is 0 Å². The molecule has 2 aromatic rings. The average Bonchev–Trinajstić information content (AvgIpc) is 3.18. The van der Waals surface area contributed by atoms with E-state index in [1.165, 1.54) is 11.1 Å². The van der Waals surface area contributed by atoms with Gasteiger partial charge in [-0.1, -0.05) is 12.1 Å². The van der Waals surface area contributed by atoms with E-state index in [4.69, 9.17) is 9.47 Å². The first-order chi connectivity index (χ1) is 13.1. The van der Waals surface area contributed by atoms with Crippen molar-refractivity contribution in [3.05, 3.63) is 64.7 Å². The molecule has 0 saturated heterocycles. The van der Waals surface area contributed by atoms with Gasteiger partial charge in [-0.25, -0.2) is 0 Å². The molecule has 1 aliphatic carbocycles. The fourth-order valence-corrected chi connectivity index (χ4v) is 3.18. The van der Waals surface area contributed by atoms with Gasteiger partial charge in [-0.2, -0.15) is 0 Å². The van der Waals surface area contributed by atoms with Crippen molar-refractivity contribution in [1.82, 2.24) is 0 Å². The SMILES string of the molecule is COc1ccc(C(=O)COC(=O)CCC(=O)c2ccc3c(c2)CCC3)cc1. The molecule has 2 aromatic carbocycles. The van der Waals surface area contributed by atoms with E-state index in [1.807, 2.05) is 18.2 Å². The molecule has 0 aliphatic heterocycles. The molecular weight excluding hydrogens is 344 g/mol. The highest BCUT2D eigenvalue weighted by molar-refractivity contribution is 5.99. The Hall–Kier alpha value is -2.95. The Morgan fingerprint density at radius 2 is 1.56 bits per heavy atom. The fraction of sp³-hybridized carbons (Fsp3) is 0.318. The molecule has 0 spiro atoms. The second-order valence-electron chi connectivity index (χ2n) is 6.57. The molecule has 5 nitrogen and oxygen atoms in total. The molecule has 3 rings (SSSR count). The lowest BCUT2D eigenvalue weighted by Gasteiger charge is -2.06. The zero-order chi connectivity index (χ0) is 19.2. The second kappa shape index (κ2) is 8.62. The lowest BCUT2D eigenvalue weighted by atomic mass is 10.0. The number of esters is 1. The van der Waals surface area contributed by atoms with Crippen LogP contribution in [0.15, 0.2) is 42.5 Å². The molecule has 0 N–H and O–H groups in total. The van der Waals surface area contributed by atoms with E-state index in [0.29, 0.717) is 16.9 Å². The summed E-state index contributed by atoms with van der Waals surface area (Å²) in [6.45, 7) is -0.335. The molecule has 27 heavy (non-hydrogen) atoms. The monoisotopic (exact) mass is 366 g/mol. The van der Waals surface area contributed by atoms with Crippen molar-refractivity contribution >= 4 is 17.5 Å². The van der Waals surface area contributed by atoms with Gasteiger partial charge in [-0.15, -0.1) is 0 Å². The standard InChI is InChI=1S/C22H22O5/c1-26-19-9-7-16(8-10-19)21(24)14-27-22(25)12-11-20(23)18-6-5-15-3-2-4-17(15)13-18/h5-10,13H,2-4,11-12,14H2,1H3. The quantitative estimate of drug-likeness (QED) is 0.528. The maximum absolute atomic E-state index is 12.3. The molecule has 140 valence electrons.